The van der Waals surface area contributed by atoms with Gasteiger partial charge in [-0.3, -0.25) is 4.79 Å². The monoisotopic (exact) mass is 255 g/mol. The smallest absolute Gasteiger partial charge is 0.314 e. The molecule has 0 aromatic rings. The zero-order valence-corrected chi connectivity index (χ0v) is 10.8. The molecule has 0 aromatic carbocycles. The van der Waals surface area contributed by atoms with Gasteiger partial charge in [0.05, 0.1) is 11.5 Å². The summed E-state index contributed by atoms with van der Waals surface area (Å²) in [6, 6.07) is -0.457. The molecular weight excluding hydrogens is 234 g/mol. The lowest BCUT2D eigenvalue weighted by Gasteiger charge is -2.33. The van der Waals surface area contributed by atoms with Crippen LogP contribution in [0.1, 0.15) is 26.2 Å². The lowest BCUT2D eigenvalue weighted by molar-refractivity contribution is -0.136. The number of likely N-dealkylation sites (tertiary alicyclic amines) is 2. The van der Waals surface area contributed by atoms with E-state index >= 15 is 0 Å². The Morgan fingerprint density at radius 1 is 1.33 bits per heavy atom. The molecule has 0 aromatic heterocycles. The van der Waals surface area contributed by atoms with Crippen molar-refractivity contribution in [2.24, 2.45) is 11.7 Å². The fourth-order valence-electron chi connectivity index (χ4n) is 2.77. The predicted molar refractivity (Wildman–Crippen MR) is 65.7 cm³/mol. The van der Waals surface area contributed by atoms with E-state index in [9.17, 15) is 14.7 Å². The topological polar surface area (TPSA) is 86.9 Å². The summed E-state index contributed by atoms with van der Waals surface area (Å²) < 4.78 is 0. The first-order valence-corrected chi connectivity index (χ1v) is 6.44. The van der Waals surface area contributed by atoms with Crippen LogP contribution in [0.2, 0.25) is 0 Å². The largest absolute Gasteiger partial charge is 0.388 e. The first-order chi connectivity index (χ1) is 8.39. The van der Waals surface area contributed by atoms with Crippen LogP contribution in [0.5, 0.6) is 0 Å². The van der Waals surface area contributed by atoms with Gasteiger partial charge < -0.3 is 20.6 Å². The number of primary amides is 1. The van der Waals surface area contributed by atoms with E-state index in [1.165, 1.54) is 4.90 Å². The Balaban J connectivity index is 1.95. The van der Waals surface area contributed by atoms with Crippen molar-refractivity contribution in [1.82, 2.24) is 9.80 Å². The van der Waals surface area contributed by atoms with Gasteiger partial charge in [0.15, 0.2) is 0 Å². The molecule has 0 saturated carbocycles. The highest BCUT2D eigenvalue weighted by Crippen LogP contribution is 2.25. The number of nitrogens with zero attached hydrogens (tertiary/aromatic N) is 2. The maximum absolute atomic E-state index is 12.3. The third-order valence-electron chi connectivity index (χ3n) is 3.85. The Morgan fingerprint density at radius 2 is 2.06 bits per heavy atom. The van der Waals surface area contributed by atoms with Crippen molar-refractivity contribution in [1.29, 1.82) is 0 Å². The zero-order chi connectivity index (χ0) is 13.3. The highest BCUT2D eigenvalue weighted by molar-refractivity contribution is 5.81. The summed E-state index contributed by atoms with van der Waals surface area (Å²) in [6.45, 7) is 3.78. The van der Waals surface area contributed by atoms with Gasteiger partial charge in [-0.2, -0.15) is 0 Å². The Hall–Kier alpha value is -1.30. The van der Waals surface area contributed by atoms with Crippen molar-refractivity contribution in [3.63, 3.8) is 0 Å². The van der Waals surface area contributed by atoms with Crippen molar-refractivity contribution in [2.45, 2.75) is 31.8 Å². The van der Waals surface area contributed by atoms with Crippen LogP contribution in [-0.4, -0.2) is 58.6 Å². The molecule has 2 unspecified atom stereocenters. The molecule has 2 fully saturated rings. The van der Waals surface area contributed by atoms with E-state index in [0.29, 0.717) is 32.6 Å². The van der Waals surface area contributed by atoms with Gasteiger partial charge in [0.1, 0.15) is 0 Å². The zero-order valence-electron chi connectivity index (χ0n) is 10.8. The Labute approximate surface area is 107 Å². The summed E-state index contributed by atoms with van der Waals surface area (Å²) in [5.74, 6) is -0.126. The number of urea groups is 1. The number of nitrogens with two attached hydrogens (primary N) is 1. The second kappa shape index (κ2) is 4.76. The summed E-state index contributed by atoms with van der Waals surface area (Å²) in [4.78, 5) is 26.7. The number of carbonyl (C=O) groups is 2. The number of hydrogen-bond acceptors (Lipinski definition) is 3. The minimum atomic E-state index is -0.770. The first kappa shape index (κ1) is 13.1. The van der Waals surface area contributed by atoms with E-state index in [-0.39, 0.29) is 11.8 Å². The highest BCUT2D eigenvalue weighted by Gasteiger charge is 2.38. The minimum absolute atomic E-state index is 0.0405. The van der Waals surface area contributed by atoms with Gasteiger partial charge in [0, 0.05) is 26.2 Å². The number of carbonyl (C=O) groups excluding carboxylic acids is 2. The van der Waals surface area contributed by atoms with Crippen molar-refractivity contribution in [3.8, 4) is 0 Å². The van der Waals surface area contributed by atoms with Crippen LogP contribution >= 0.6 is 0 Å². The van der Waals surface area contributed by atoms with Crippen LogP contribution < -0.4 is 5.73 Å². The molecule has 0 radical (unpaired) electrons. The summed E-state index contributed by atoms with van der Waals surface area (Å²) in [6.07, 6.45) is 2.22. The van der Waals surface area contributed by atoms with Crippen molar-refractivity contribution in [3.05, 3.63) is 0 Å². The molecule has 2 saturated heterocycles. The average Bonchev–Trinajstić information content (AvgIpc) is 2.69. The Kier molecular flexibility index (Phi) is 3.47. The van der Waals surface area contributed by atoms with E-state index < -0.39 is 11.6 Å². The predicted octanol–water partition coefficient (Wildman–Crippen LogP) is -0.240. The van der Waals surface area contributed by atoms with Gasteiger partial charge in [-0.1, -0.05) is 0 Å². The SMILES string of the molecule is CC1(O)CCN(C(=O)C2CCCN(C(N)=O)C2)C1. The van der Waals surface area contributed by atoms with Crippen molar-refractivity contribution in [2.75, 3.05) is 26.2 Å². The van der Waals surface area contributed by atoms with Crippen LogP contribution in [0.3, 0.4) is 0 Å². The van der Waals surface area contributed by atoms with Gasteiger partial charge in [-0.25, -0.2) is 4.79 Å². The summed E-state index contributed by atoms with van der Waals surface area (Å²) in [5.41, 5.74) is 4.48. The number of rotatable bonds is 1. The summed E-state index contributed by atoms with van der Waals surface area (Å²) in [5, 5.41) is 9.87. The summed E-state index contributed by atoms with van der Waals surface area (Å²) >= 11 is 0. The quantitative estimate of drug-likeness (QED) is 0.678. The summed E-state index contributed by atoms with van der Waals surface area (Å²) in [7, 11) is 0. The van der Waals surface area contributed by atoms with E-state index in [1.54, 1.807) is 11.8 Å². The van der Waals surface area contributed by atoms with Gasteiger partial charge in [-0.15, -0.1) is 0 Å². The number of aliphatic hydroxyl groups is 1. The van der Waals surface area contributed by atoms with Crippen LogP contribution in [0.15, 0.2) is 0 Å². The number of β-amino-alcohol motifs (C(OH)–C–C–N with tert-alkyl or cyclic N) is 1. The van der Waals surface area contributed by atoms with Gasteiger partial charge in [0.2, 0.25) is 5.91 Å². The maximum Gasteiger partial charge on any atom is 0.314 e. The standard InChI is InChI=1S/C12H21N3O3/c1-12(18)4-6-15(8-12)10(16)9-3-2-5-14(7-9)11(13)17/h9,18H,2-8H2,1H3,(H2,13,17). The van der Waals surface area contributed by atoms with Gasteiger partial charge in [-0.05, 0) is 26.2 Å². The molecule has 3 amide bonds. The fraction of sp³-hybridized carbons (Fsp3) is 0.833. The molecule has 2 atom stereocenters. The molecule has 3 N–H and O–H groups in total. The molecule has 0 bridgehead atoms. The third-order valence-corrected chi connectivity index (χ3v) is 3.85. The number of amides is 3. The number of piperidine rings is 1. The van der Waals surface area contributed by atoms with E-state index in [0.717, 1.165) is 12.8 Å². The Morgan fingerprint density at radius 3 is 2.61 bits per heavy atom. The molecule has 102 valence electrons. The van der Waals surface area contributed by atoms with Crippen molar-refractivity contribution >= 4 is 11.9 Å². The van der Waals surface area contributed by atoms with E-state index in [1.807, 2.05) is 0 Å². The molecule has 0 spiro atoms. The molecular formula is C12H21N3O3. The van der Waals surface area contributed by atoms with Crippen LogP contribution in [-0.2, 0) is 4.79 Å². The first-order valence-electron chi connectivity index (χ1n) is 6.44. The second-order valence-corrected chi connectivity index (χ2v) is 5.63. The minimum Gasteiger partial charge on any atom is -0.388 e. The van der Waals surface area contributed by atoms with Gasteiger partial charge in [0.25, 0.3) is 0 Å². The molecule has 0 aliphatic carbocycles. The highest BCUT2D eigenvalue weighted by atomic mass is 16.3. The maximum atomic E-state index is 12.3. The van der Waals surface area contributed by atoms with E-state index in [4.69, 9.17) is 5.73 Å². The van der Waals surface area contributed by atoms with Gasteiger partial charge >= 0.3 is 6.03 Å². The normalized spacial score (nSPS) is 32.7. The van der Waals surface area contributed by atoms with Crippen LogP contribution in [0, 0.1) is 5.92 Å². The lowest BCUT2D eigenvalue weighted by Crippen LogP contribution is -2.48. The Bertz CT molecular complexity index is 356. The molecule has 2 aliphatic rings. The van der Waals surface area contributed by atoms with E-state index in [2.05, 4.69) is 0 Å². The lowest BCUT2D eigenvalue weighted by atomic mass is 9.97. The van der Waals surface area contributed by atoms with Crippen LogP contribution in [0.4, 0.5) is 4.79 Å². The average molecular weight is 255 g/mol. The molecule has 6 heteroatoms. The molecule has 2 aliphatic heterocycles. The van der Waals surface area contributed by atoms with Crippen molar-refractivity contribution < 1.29 is 14.7 Å². The molecule has 2 rings (SSSR count). The third kappa shape index (κ3) is 2.75. The molecule has 2 heterocycles. The molecule has 18 heavy (non-hydrogen) atoms. The second-order valence-electron chi connectivity index (χ2n) is 5.63. The van der Waals surface area contributed by atoms with Crippen LogP contribution in [0.25, 0.3) is 0 Å². The molecule has 6 nitrogen and oxygen atoms in total. The fourth-order valence-corrected chi connectivity index (χ4v) is 2.77. The number of hydrogen-bond donors (Lipinski definition) is 2.